The van der Waals surface area contributed by atoms with Crippen LogP contribution in [0, 0.1) is 0 Å². The van der Waals surface area contributed by atoms with Gasteiger partial charge in [0.1, 0.15) is 6.54 Å². The van der Waals surface area contributed by atoms with E-state index in [4.69, 9.17) is 17.3 Å². The third-order valence-corrected chi connectivity index (χ3v) is 5.32. The Bertz CT molecular complexity index is 849. The number of fused-ring (bicyclic) bond motifs is 3. The third kappa shape index (κ3) is 2.16. The van der Waals surface area contributed by atoms with Crippen LogP contribution >= 0.6 is 11.6 Å². The lowest BCUT2D eigenvalue weighted by molar-refractivity contribution is -0.116. The maximum atomic E-state index is 12.7. The molecule has 7 heteroatoms. The van der Waals surface area contributed by atoms with Crippen molar-refractivity contribution in [3.63, 3.8) is 0 Å². The van der Waals surface area contributed by atoms with Crippen molar-refractivity contribution in [2.24, 2.45) is 5.73 Å². The van der Waals surface area contributed by atoms with Crippen LogP contribution in [0.15, 0.2) is 47.4 Å². The van der Waals surface area contributed by atoms with E-state index in [0.717, 1.165) is 4.31 Å². The summed E-state index contributed by atoms with van der Waals surface area (Å²) in [5.74, 6) is -0.723. The van der Waals surface area contributed by atoms with Crippen molar-refractivity contribution >= 4 is 33.2 Å². The minimum atomic E-state index is -3.81. The van der Waals surface area contributed by atoms with Crippen LogP contribution in [0.2, 0.25) is 5.02 Å². The molecule has 0 radical (unpaired) electrons. The first-order valence-corrected chi connectivity index (χ1v) is 7.93. The van der Waals surface area contributed by atoms with Crippen LogP contribution in [0.25, 0.3) is 11.1 Å². The molecule has 5 nitrogen and oxygen atoms in total. The minimum Gasteiger partial charge on any atom is -0.368 e. The highest BCUT2D eigenvalue weighted by Gasteiger charge is 2.35. The fourth-order valence-corrected chi connectivity index (χ4v) is 4.25. The Morgan fingerprint density at radius 2 is 1.86 bits per heavy atom. The van der Waals surface area contributed by atoms with Gasteiger partial charge >= 0.3 is 0 Å². The zero-order valence-electron chi connectivity index (χ0n) is 10.8. The number of halogens is 1. The van der Waals surface area contributed by atoms with Crippen molar-refractivity contribution in [1.82, 2.24) is 0 Å². The quantitative estimate of drug-likeness (QED) is 0.918. The highest BCUT2D eigenvalue weighted by atomic mass is 35.5. The lowest BCUT2D eigenvalue weighted by Gasteiger charge is -2.31. The van der Waals surface area contributed by atoms with Crippen molar-refractivity contribution in [2.75, 3.05) is 10.8 Å². The molecule has 1 heterocycles. The summed E-state index contributed by atoms with van der Waals surface area (Å²) in [7, 11) is -3.81. The Hall–Kier alpha value is -2.05. The molecule has 21 heavy (non-hydrogen) atoms. The molecule has 0 atom stereocenters. The molecule has 1 aliphatic heterocycles. The highest BCUT2D eigenvalue weighted by molar-refractivity contribution is 7.93. The first-order chi connectivity index (χ1) is 9.91. The smallest absolute Gasteiger partial charge is 0.265 e. The van der Waals surface area contributed by atoms with Gasteiger partial charge in [-0.05, 0) is 24.3 Å². The SMILES string of the molecule is NC(=O)CN1c2ccc(Cl)cc2-c2ccccc2S1(=O)=O. The molecule has 0 bridgehead atoms. The van der Waals surface area contributed by atoms with E-state index in [0.29, 0.717) is 21.8 Å². The number of hydrogen-bond donors (Lipinski definition) is 1. The van der Waals surface area contributed by atoms with Gasteiger partial charge in [-0.3, -0.25) is 9.10 Å². The van der Waals surface area contributed by atoms with E-state index in [-0.39, 0.29) is 4.90 Å². The van der Waals surface area contributed by atoms with Crippen molar-refractivity contribution in [2.45, 2.75) is 4.90 Å². The number of carbonyl (C=O) groups is 1. The molecule has 0 unspecified atom stereocenters. The predicted molar refractivity (Wildman–Crippen MR) is 80.6 cm³/mol. The fourth-order valence-electron chi connectivity index (χ4n) is 2.42. The Labute approximate surface area is 127 Å². The second-order valence-electron chi connectivity index (χ2n) is 4.64. The van der Waals surface area contributed by atoms with Crippen LogP contribution in [0.4, 0.5) is 5.69 Å². The standard InChI is InChI=1S/C14H11ClN2O3S/c15-9-5-6-12-11(7-9)10-3-1-2-4-13(10)21(19,20)17(12)8-14(16)18/h1-7H,8H2,(H2,16,18). The van der Waals surface area contributed by atoms with Gasteiger partial charge in [-0.2, -0.15) is 0 Å². The second kappa shape index (κ2) is 4.75. The van der Waals surface area contributed by atoms with E-state index in [9.17, 15) is 13.2 Å². The molecule has 2 aromatic rings. The average Bonchev–Trinajstić information content (AvgIpc) is 2.44. The van der Waals surface area contributed by atoms with Gasteiger partial charge in [0, 0.05) is 16.1 Å². The van der Waals surface area contributed by atoms with Crippen molar-refractivity contribution in [3.8, 4) is 11.1 Å². The maximum Gasteiger partial charge on any atom is 0.265 e. The van der Waals surface area contributed by atoms with Crippen molar-refractivity contribution < 1.29 is 13.2 Å². The zero-order valence-corrected chi connectivity index (χ0v) is 12.4. The van der Waals surface area contributed by atoms with Gasteiger partial charge in [0.15, 0.2) is 0 Å². The predicted octanol–water partition coefficient (Wildman–Crippen LogP) is 2.00. The minimum absolute atomic E-state index is 0.140. The number of nitrogens with zero attached hydrogens (tertiary/aromatic N) is 1. The molecule has 108 valence electrons. The maximum absolute atomic E-state index is 12.7. The Kier molecular flexibility index (Phi) is 3.15. The van der Waals surface area contributed by atoms with E-state index >= 15 is 0 Å². The number of hydrogen-bond acceptors (Lipinski definition) is 3. The number of rotatable bonds is 2. The molecule has 3 rings (SSSR count). The summed E-state index contributed by atoms with van der Waals surface area (Å²) in [5, 5.41) is 0.488. The second-order valence-corrected chi connectivity index (χ2v) is 6.90. The van der Waals surface area contributed by atoms with Crippen LogP contribution in [-0.2, 0) is 14.8 Å². The fraction of sp³-hybridized carbons (Fsp3) is 0.0714. The molecule has 0 aromatic heterocycles. The number of anilines is 1. The summed E-state index contributed by atoms with van der Waals surface area (Å²) < 4.78 is 26.4. The molecule has 0 aliphatic carbocycles. The lowest BCUT2D eigenvalue weighted by Crippen LogP contribution is -2.40. The largest absolute Gasteiger partial charge is 0.368 e. The molecule has 0 saturated heterocycles. The summed E-state index contributed by atoms with van der Waals surface area (Å²) in [6, 6.07) is 11.4. The van der Waals surface area contributed by atoms with Gasteiger partial charge in [0.05, 0.1) is 10.6 Å². The van der Waals surface area contributed by atoms with Gasteiger partial charge in [-0.25, -0.2) is 8.42 Å². The molecule has 0 saturated carbocycles. The molecule has 1 amide bonds. The van der Waals surface area contributed by atoms with E-state index in [1.165, 1.54) is 6.07 Å². The van der Waals surface area contributed by atoms with Crippen LogP contribution < -0.4 is 10.0 Å². The molecular formula is C14H11ClN2O3S. The molecular weight excluding hydrogens is 312 g/mol. The Morgan fingerprint density at radius 1 is 1.14 bits per heavy atom. The van der Waals surface area contributed by atoms with Gasteiger partial charge in [-0.1, -0.05) is 29.8 Å². The summed E-state index contributed by atoms with van der Waals surface area (Å²) >= 11 is 6.01. The number of sulfonamides is 1. The van der Waals surface area contributed by atoms with E-state index in [2.05, 4.69) is 0 Å². The average molecular weight is 323 g/mol. The number of carbonyl (C=O) groups excluding carboxylic acids is 1. The first-order valence-electron chi connectivity index (χ1n) is 6.11. The van der Waals surface area contributed by atoms with Gasteiger partial charge < -0.3 is 5.73 Å². The zero-order chi connectivity index (χ0) is 15.2. The highest BCUT2D eigenvalue weighted by Crippen LogP contribution is 2.43. The van der Waals surface area contributed by atoms with Gasteiger partial charge in [0.2, 0.25) is 5.91 Å². The van der Waals surface area contributed by atoms with Crippen molar-refractivity contribution in [3.05, 3.63) is 47.5 Å². The molecule has 0 spiro atoms. The molecule has 2 aromatic carbocycles. The topological polar surface area (TPSA) is 80.5 Å². The normalized spacial score (nSPS) is 15.2. The molecule has 1 aliphatic rings. The number of benzene rings is 2. The molecule has 0 fully saturated rings. The summed E-state index contributed by atoms with van der Waals surface area (Å²) in [5.41, 5.74) is 6.81. The van der Waals surface area contributed by atoms with Crippen LogP contribution in [0.3, 0.4) is 0 Å². The van der Waals surface area contributed by atoms with Crippen LogP contribution in [0.1, 0.15) is 0 Å². The summed E-state index contributed by atoms with van der Waals surface area (Å²) in [4.78, 5) is 11.4. The van der Waals surface area contributed by atoms with Gasteiger partial charge in [-0.15, -0.1) is 0 Å². The van der Waals surface area contributed by atoms with Crippen LogP contribution in [0.5, 0.6) is 0 Å². The first kappa shape index (κ1) is 13.9. The number of primary amides is 1. The van der Waals surface area contributed by atoms with E-state index in [1.807, 2.05) is 0 Å². The summed E-state index contributed by atoms with van der Waals surface area (Å²) in [6.07, 6.45) is 0. The van der Waals surface area contributed by atoms with Crippen LogP contribution in [-0.4, -0.2) is 20.9 Å². The monoisotopic (exact) mass is 322 g/mol. The van der Waals surface area contributed by atoms with Crippen molar-refractivity contribution in [1.29, 1.82) is 0 Å². The lowest BCUT2D eigenvalue weighted by atomic mass is 10.0. The van der Waals surface area contributed by atoms with E-state index < -0.39 is 22.5 Å². The Morgan fingerprint density at radius 3 is 2.57 bits per heavy atom. The number of amides is 1. The third-order valence-electron chi connectivity index (χ3n) is 3.27. The molecule has 2 N–H and O–H groups in total. The summed E-state index contributed by atoms with van der Waals surface area (Å²) in [6.45, 7) is -0.411. The van der Waals surface area contributed by atoms with E-state index in [1.54, 1.807) is 36.4 Å². The Balaban J connectivity index is 2.35. The van der Waals surface area contributed by atoms with Gasteiger partial charge in [0.25, 0.3) is 10.0 Å². The number of nitrogens with two attached hydrogens (primary N) is 1.